The van der Waals surface area contributed by atoms with Crippen LogP contribution in [0, 0.1) is 0 Å². The molecule has 1 aromatic carbocycles. The molecule has 88 valence electrons. The number of hydrogen-bond donors (Lipinski definition) is 1. The number of Topliss-reactive ketones (excluding diaryl/α,β-unsaturated/α-hetero) is 1. The zero-order chi connectivity index (χ0) is 12.1. The molecule has 0 aliphatic rings. The highest BCUT2D eigenvalue weighted by molar-refractivity contribution is 5.85. The van der Waals surface area contributed by atoms with Crippen molar-refractivity contribution in [1.82, 2.24) is 14.8 Å². The van der Waals surface area contributed by atoms with Gasteiger partial charge < -0.3 is 5.11 Å². The van der Waals surface area contributed by atoms with Crippen LogP contribution >= 0.6 is 0 Å². The van der Waals surface area contributed by atoms with Gasteiger partial charge in [0.2, 0.25) is 0 Å². The highest BCUT2D eigenvalue weighted by Gasteiger charge is 2.19. The number of nitrogens with zero attached hydrogens (tertiary/aromatic N) is 3. The highest BCUT2D eigenvalue weighted by Crippen LogP contribution is 2.16. The third-order valence-electron chi connectivity index (χ3n) is 2.56. The Morgan fingerprint density at radius 3 is 2.71 bits per heavy atom. The van der Waals surface area contributed by atoms with Gasteiger partial charge in [0, 0.05) is 0 Å². The van der Waals surface area contributed by atoms with Gasteiger partial charge in [-0.2, -0.15) is 5.10 Å². The lowest BCUT2D eigenvalue weighted by atomic mass is 9.95. The summed E-state index contributed by atoms with van der Waals surface area (Å²) >= 11 is 0. The van der Waals surface area contributed by atoms with Gasteiger partial charge in [-0.1, -0.05) is 30.3 Å². The van der Waals surface area contributed by atoms with E-state index >= 15 is 0 Å². The summed E-state index contributed by atoms with van der Waals surface area (Å²) in [6, 6.07) is 9.24. The lowest BCUT2D eigenvalue weighted by Crippen LogP contribution is -2.21. The van der Waals surface area contributed by atoms with Crippen LogP contribution in [0.2, 0.25) is 0 Å². The van der Waals surface area contributed by atoms with Crippen LogP contribution in [-0.4, -0.2) is 32.3 Å². The van der Waals surface area contributed by atoms with Crippen LogP contribution in [0.4, 0.5) is 0 Å². The summed E-state index contributed by atoms with van der Waals surface area (Å²) in [4.78, 5) is 15.8. The van der Waals surface area contributed by atoms with Crippen LogP contribution in [0.5, 0.6) is 0 Å². The molecule has 0 amide bonds. The third-order valence-corrected chi connectivity index (χ3v) is 2.56. The van der Waals surface area contributed by atoms with Gasteiger partial charge in [0.15, 0.2) is 5.78 Å². The van der Waals surface area contributed by atoms with Gasteiger partial charge >= 0.3 is 0 Å². The molecule has 0 spiro atoms. The summed E-state index contributed by atoms with van der Waals surface area (Å²) in [5, 5.41) is 13.2. The molecule has 2 aromatic rings. The van der Waals surface area contributed by atoms with E-state index in [0.717, 1.165) is 5.56 Å². The van der Waals surface area contributed by atoms with Crippen LogP contribution in [0.25, 0.3) is 0 Å². The second-order valence-electron chi connectivity index (χ2n) is 3.71. The Bertz CT molecular complexity index is 468. The lowest BCUT2D eigenvalue weighted by molar-refractivity contribution is -0.122. The summed E-state index contributed by atoms with van der Waals surface area (Å²) in [5.41, 5.74) is 0.820. The predicted octanol–water partition coefficient (Wildman–Crippen LogP) is 0.623. The average molecular weight is 231 g/mol. The van der Waals surface area contributed by atoms with E-state index in [1.165, 1.54) is 17.3 Å². The molecule has 1 heterocycles. The summed E-state index contributed by atoms with van der Waals surface area (Å²) in [5.74, 6) is -0.579. The first-order chi connectivity index (χ1) is 8.31. The number of ketones is 1. The first-order valence-corrected chi connectivity index (χ1v) is 5.32. The van der Waals surface area contributed by atoms with Crippen molar-refractivity contribution >= 4 is 5.78 Å². The van der Waals surface area contributed by atoms with E-state index in [4.69, 9.17) is 0 Å². The lowest BCUT2D eigenvalue weighted by Gasteiger charge is -2.13. The largest absolute Gasteiger partial charge is 0.395 e. The maximum atomic E-state index is 12.0. The van der Waals surface area contributed by atoms with Gasteiger partial charge in [0.1, 0.15) is 19.2 Å². The summed E-state index contributed by atoms with van der Waals surface area (Å²) in [6.45, 7) is -0.0718. The quantitative estimate of drug-likeness (QED) is 0.819. The third kappa shape index (κ3) is 2.76. The van der Waals surface area contributed by atoms with Gasteiger partial charge in [0.05, 0.1) is 12.5 Å². The Morgan fingerprint density at radius 1 is 1.35 bits per heavy atom. The average Bonchev–Trinajstić information content (AvgIpc) is 2.84. The molecule has 1 aromatic heterocycles. The second kappa shape index (κ2) is 5.36. The number of carbonyl (C=O) groups is 1. The van der Waals surface area contributed by atoms with Crippen molar-refractivity contribution in [1.29, 1.82) is 0 Å². The van der Waals surface area contributed by atoms with Crippen molar-refractivity contribution in [2.24, 2.45) is 0 Å². The Hall–Kier alpha value is -2.01. The molecule has 0 saturated heterocycles. The number of benzene rings is 1. The molecule has 0 radical (unpaired) electrons. The van der Waals surface area contributed by atoms with E-state index in [1.54, 1.807) is 0 Å². The minimum atomic E-state index is -0.500. The fraction of sp³-hybridized carbons (Fsp3) is 0.250. The maximum absolute atomic E-state index is 12.0. The molecule has 1 atom stereocenters. The van der Waals surface area contributed by atoms with Crippen LogP contribution < -0.4 is 0 Å². The van der Waals surface area contributed by atoms with E-state index in [9.17, 15) is 9.90 Å². The minimum Gasteiger partial charge on any atom is -0.395 e. The number of aromatic nitrogens is 3. The van der Waals surface area contributed by atoms with Crippen LogP contribution in [0.3, 0.4) is 0 Å². The minimum absolute atomic E-state index is 0.0794. The van der Waals surface area contributed by atoms with Crippen molar-refractivity contribution in [3.63, 3.8) is 0 Å². The van der Waals surface area contributed by atoms with Crippen molar-refractivity contribution < 1.29 is 9.90 Å². The molecule has 0 fully saturated rings. The molecular weight excluding hydrogens is 218 g/mol. The fourth-order valence-corrected chi connectivity index (χ4v) is 1.66. The molecule has 0 aliphatic carbocycles. The molecule has 1 N–H and O–H groups in total. The molecule has 0 saturated carbocycles. The number of aliphatic hydroxyl groups excluding tert-OH is 1. The Balaban J connectivity index is 2.11. The summed E-state index contributed by atoms with van der Waals surface area (Å²) < 4.78 is 1.45. The molecule has 1 unspecified atom stereocenters. The van der Waals surface area contributed by atoms with Crippen LogP contribution in [0.15, 0.2) is 43.0 Å². The van der Waals surface area contributed by atoms with Crippen molar-refractivity contribution in [3.05, 3.63) is 48.5 Å². The monoisotopic (exact) mass is 231 g/mol. The molecule has 2 rings (SSSR count). The van der Waals surface area contributed by atoms with Crippen LogP contribution in [-0.2, 0) is 11.3 Å². The topological polar surface area (TPSA) is 68.0 Å². The van der Waals surface area contributed by atoms with E-state index in [0.29, 0.717) is 0 Å². The first-order valence-electron chi connectivity index (χ1n) is 5.32. The summed E-state index contributed by atoms with van der Waals surface area (Å²) in [7, 11) is 0. The number of carbonyl (C=O) groups excluding carboxylic acids is 1. The Kier molecular flexibility index (Phi) is 3.62. The van der Waals surface area contributed by atoms with Gasteiger partial charge in [-0.05, 0) is 5.56 Å². The van der Waals surface area contributed by atoms with E-state index in [2.05, 4.69) is 10.1 Å². The smallest absolute Gasteiger partial charge is 0.164 e. The molecular formula is C12H13N3O2. The second-order valence-corrected chi connectivity index (χ2v) is 3.71. The van der Waals surface area contributed by atoms with Crippen molar-refractivity contribution in [3.8, 4) is 0 Å². The predicted molar refractivity (Wildman–Crippen MR) is 61.3 cm³/mol. The Labute approximate surface area is 98.7 Å². The van der Waals surface area contributed by atoms with Crippen LogP contribution in [0.1, 0.15) is 11.5 Å². The SMILES string of the molecule is O=C(Cn1cncn1)C(CO)c1ccccc1. The number of rotatable bonds is 5. The van der Waals surface area contributed by atoms with Crippen molar-refractivity contribution in [2.75, 3.05) is 6.61 Å². The van der Waals surface area contributed by atoms with Crippen molar-refractivity contribution in [2.45, 2.75) is 12.5 Å². The fourth-order valence-electron chi connectivity index (χ4n) is 1.66. The number of hydrogen-bond acceptors (Lipinski definition) is 4. The number of aliphatic hydroxyl groups is 1. The van der Waals surface area contributed by atoms with Gasteiger partial charge in [0.25, 0.3) is 0 Å². The van der Waals surface area contributed by atoms with Gasteiger partial charge in [-0.15, -0.1) is 0 Å². The van der Waals surface area contributed by atoms with E-state index in [1.807, 2.05) is 30.3 Å². The first kappa shape index (κ1) is 11.5. The molecule has 0 aliphatic heterocycles. The van der Waals surface area contributed by atoms with E-state index < -0.39 is 5.92 Å². The molecule has 17 heavy (non-hydrogen) atoms. The van der Waals surface area contributed by atoms with E-state index in [-0.39, 0.29) is 18.9 Å². The standard InChI is InChI=1S/C12H13N3O2/c16-7-11(10-4-2-1-3-5-10)12(17)6-15-9-13-8-14-15/h1-5,8-9,11,16H,6-7H2. The Morgan fingerprint density at radius 2 is 2.12 bits per heavy atom. The maximum Gasteiger partial charge on any atom is 0.164 e. The zero-order valence-electron chi connectivity index (χ0n) is 9.23. The highest BCUT2D eigenvalue weighted by atomic mass is 16.3. The van der Waals surface area contributed by atoms with Gasteiger partial charge in [-0.25, -0.2) is 9.67 Å². The molecule has 5 heteroatoms. The zero-order valence-corrected chi connectivity index (χ0v) is 9.23. The molecule has 5 nitrogen and oxygen atoms in total. The summed E-state index contributed by atoms with van der Waals surface area (Å²) in [6.07, 6.45) is 2.86. The normalized spacial score (nSPS) is 12.3. The molecule has 0 bridgehead atoms. The van der Waals surface area contributed by atoms with Gasteiger partial charge in [-0.3, -0.25) is 4.79 Å².